The van der Waals surface area contributed by atoms with Gasteiger partial charge in [0.25, 0.3) is 0 Å². The maximum Gasteiger partial charge on any atom is 0.181 e. The van der Waals surface area contributed by atoms with Gasteiger partial charge < -0.3 is 0 Å². The molecule has 1 aromatic carbocycles. The third-order valence-electron chi connectivity index (χ3n) is 5.06. The lowest BCUT2D eigenvalue weighted by molar-refractivity contribution is 0.175. The Morgan fingerprint density at radius 2 is 1.82 bits per heavy atom. The molecule has 4 rings (SSSR count). The van der Waals surface area contributed by atoms with Crippen molar-refractivity contribution < 1.29 is 0 Å². The Morgan fingerprint density at radius 3 is 2.50 bits per heavy atom. The highest BCUT2D eigenvalue weighted by molar-refractivity contribution is 5.55. The first kappa shape index (κ1) is 13.9. The second kappa shape index (κ2) is 5.84. The minimum atomic E-state index is 0.503. The van der Waals surface area contributed by atoms with Gasteiger partial charge in [-0.05, 0) is 51.3 Å². The minimum absolute atomic E-state index is 0.503. The number of piperidine rings is 1. The fourth-order valence-corrected chi connectivity index (χ4v) is 3.37. The molecule has 1 atom stereocenters. The predicted molar refractivity (Wildman–Crippen MR) is 87.6 cm³/mol. The number of aromatic nitrogens is 3. The molecule has 1 saturated heterocycles. The van der Waals surface area contributed by atoms with E-state index in [-0.39, 0.29) is 0 Å². The fourth-order valence-electron chi connectivity index (χ4n) is 3.37. The van der Waals surface area contributed by atoms with Crippen LogP contribution in [-0.2, 0) is 0 Å². The van der Waals surface area contributed by atoms with Crippen molar-refractivity contribution >= 4 is 0 Å². The average Bonchev–Trinajstić information content (AvgIpc) is 3.32. The Morgan fingerprint density at radius 1 is 1.09 bits per heavy atom. The summed E-state index contributed by atoms with van der Waals surface area (Å²) < 4.78 is 0. The molecule has 1 aliphatic heterocycles. The van der Waals surface area contributed by atoms with Crippen molar-refractivity contribution in [3.8, 4) is 11.4 Å². The van der Waals surface area contributed by atoms with E-state index in [0.29, 0.717) is 12.0 Å². The molecule has 1 aromatic heterocycles. The molecule has 2 aromatic rings. The molecule has 116 valence electrons. The largest absolute Gasteiger partial charge is 0.297 e. The van der Waals surface area contributed by atoms with Crippen molar-refractivity contribution in [1.29, 1.82) is 0 Å². The number of hydrogen-bond acceptors (Lipinski definition) is 3. The molecule has 4 nitrogen and oxygen atoms in total. The molecule has 0 bridgehead atoms. The molecule has 0 unspecified atom stereocenters. The van der Waals surface area contributed by atoms with Gasteiger partial charge in [-0.25, -0.2) is 4.98 Å². The van der Waals surface area contributed by atoms with Gasteiger partial charge >= 0.3 is 0 Å². The molecule has 0 spiro atoms. The lowest BCUT2D eigenvalue weighted by Crippen LogP contribution is -2.32. The van der Waals surface area contributed by atoms with Crippen LogP contribution in [0.15, 0.2) is 24.3 Å². The van der Waals surface area contributed by atoms with Crippen molar-refractivity contribution in [1.82, 2.24) is 20.1 Å². The Labute approximate surface area is 132 Å². The number of nitrogens with zero attached hydrogens (tertiary/aromatic N) is 3. The van der Waals surface area contributed by atoms with Crippen molar-refractivity contribution in [3.05, 3.63) is 35.7 Å². The van der Waals surface area contributed by atoms with Gasteiger partial charge in [0.15, 0.2) is 5.82 Å². The Kier molecular flexibility index (Phi) is 3.70. The molecule has 1 aliphatic carbocycles. The second-order valence-electron chi connectivity index (χ2n) is 6.71. The van der Waals surface area contributed by atoms with E-state index >= 15 is 0 Å². The first-order valence-electron chi connectivity index (χ1n) is 8.58. The van der Waals surface area contributed by atoms with Crippen molar-refractivity contribution in [2.75, 3.05) is 13.1 Å². The number of nitrogens with one attached hydrogen (secondary N) is 1. The zero-order chi connectivity index (χ0) is 14.9. The second-order valence-corrected chi connectivity index (χ2v) is 6.71. The summed E-state index contributed by atoms with van der Waals surface area (Å²) in [6.45, 7) is 4.78. The molecule has 1 saturated carbocycles. The minimum Gasteiger partial charge on any atom is -0.297 e. The first-order valence-corrected chi connectivity index (χ1v) is 8.58. The van der Waals surface area contributed by atoms with Crippen molar-refractivity contribution in [2.24, 2.45) is 0 Å². The first-order chi connectivity index (χ1) is 10.8. The van der Waals surface area contributed by atoms with Gasteiger partial charge in [-0.1, -0.05) is 30.7 Å². The third-order valence-corrected chi connectivity index (χ3v) is 5.06. The van der Waals surface area contributed by atoms with Crippen LogP contribution in [0.4, 0.5) is 0 Å². The lowest BCUT2D eigenvalue weighted by atomic mass is 10.0. The van der Waals surface area contributed by atoms with Gasteiger partial charge in [0.2, 0.25) is 0 Å². The highest BCUT2D eigenvalue weighted by atomic mass is 15.2. The lowest BCUT2D eigenvalue weighted by Gasteiger charge is -2.32. The highest BCUT2D eigenvalue weighted by Crippen LogP contribution is 2.38. The Hall–Kier alpha value is -1.68. The number of rotatable bonds is 4. The van der Waals surface area contributed by atoms with Crippen LogP contribution in [0.1, 0.15) is 62.4 Å². The summed E-state index contributed by atoms with van der Waals surface area (Å²) in [7, 11) is 0. The van der Waals surface area contributed by atoms with E-state index in [1.807, 2.05) is 0 Å². The van der Waals surface area contributed by atoms with Gasteiger partial charge in [0, 0.05) is 17.5 Å². The van der Waals surface area contributed by atoms with Crippen LogP contribution in [-0.4, -0.2) is 33.2 Å². The smallest absolute Gasteiger partial charge is 0.181 e. The zero-order valence-corrected chi connectivity index (χ0v) is 13.3. The van der Waals surface area contributed by atoms with Crippen molar-refractivity contribution in [3.63, 3.8) is 0 Å². The summed E-state index contributed by atoms with van der Waals surface area (Å²) in [5.41, 5.74) is 2.50. The number of hydrogen-bond donors (Lipinski definition) is 1. The number of likely N-dealkylation sites (tertiary alicyclic amines) is 1. The normalized spacial score (nSPS) is 21.0. The van der Waals surface area contributed by atoms with Crippen LogP contribution < -0.4 is 0 Å². The quantitative estimate of drug-likeness (QED) is 0.930. The average molecular weight is 296 g/mol. The van der Waals surface area contributed by atoms with Crippen LogP contribution in [0.25, 0.3) is 11.4 Å². The summed E-state index contributed by atoms with van der Waals surface area (Å²) in [6.07, 6.45) is 6.56. The molecule has 1 N–H and O–H groups in total. The molecule has 0 amide bonds. The van der Waals surface area contributed by atoms with Gasteiger partial charge in [0.05, 0.1) is 0 Å². The van der Waals surface area contributed by atoms with E-state index in [2.05, 4.69) is 51.3 Å². The number of benzene rings is 1. The highest BCUT2D eigenvalue weighted by Gasteiger charge is 2.27. The van der Waals surface area contributed by atoms with Crippen LogP contribution in [0.5, 0.6) is 0 Å². The zero-order valence-electron chi connectivity index (χ0n) is 13.3. The van der Waals surface area contributed by atoms with E-state index in [4.69, 9.17) is 0 Å². The van der Waals surface area contributed by atoms with E-state index in [0.717, 1.165) is 17.2 Å². The Balaban J connectivity index is 1.49. The summed E-state index contributed by atoms with van der Waals surface area (Å²) in [6, 6.07) is 9.30. The van der Waals surface area contributed by atoms with E-state index in [1.165, 1.54) is 50.8 Å². The summed E-state index contributed by atoms with van der Waals surface area (Å²) in [5.74, 6) is 2.51. The van der Waals surface area contributed by atoms with Gasteiger partial charge in [-0.3, -0.25) is 10.00 Å². The molecule has 2 heterocycles. The monoisotopic (exact) mass is 296 g/mol. The molecule has 0 radical (unpaired) electrons. The summed E-state index contributed by atoms with van der Waals surface area (Å²) in [4.78, 5) is 7.22. The number of H-pyrrole nitrogens is 1. The van der Waals surface area contributed by atoms with Crippen LogP contribution >= 0.6 is 0 Å². The maximum atomic E-state index is 4.63. The van der Waals surface area contributed by atoms with Crippen molar-refractivity contribution in [2.45, 2.75) is 51.0 Å². The molecular formula is C18H24N4. The molecular weight excluding hydrogens is 272 g/mol. The van der Waals surface area contributed by atoms with E-state index in [9.17, 15) is 0 Å². The third kappa shape index (κ3) is 2.80. The van der Waals surface area contributed by atoms with Crippen LogP contribution in [0, 0.1) is 0 Å². The fraction of sp³-hybridized carbons (Fsp3) is 0.556. The van der Waals surface area contributed by atoms with Gasteiger partial charge in [0.1, 0.15) is 5.82 Å². The van der Waals surface area contributed by atoms with E-state index in [1.54, 1.807) is 0 Å². The van der Waals surface area contributed by atoms with Crippen LogP contribution in [0.3, 0.4) is 0 Å². The molecule has 4 heteroatoms. The topological polar surface area (TPSA) is 44.8 Å². The Bertz CT molecular complexity index is 621. The standard InChI is InChI=1S/C18H24N4/c1-13(22-11-3-2-4-12-22)14-5-7-15(8-6-14)17-19-18(21-20-17)16-9-10-16/h5-8,13,16H,2-4,9-12H2,1H3,(H,19,20,21)/t13-/m1/s1. The molecule has 2 fully saturated rings. The van der Waals surface area contributed by atoms with E-state index < -0.39 is 0 Å². The van der Waals surface area contributed by atoms with Crippen LogP contribution in [0.2, 0.25) is 0 Å². The summed E-state index contributed by atoms with van der Waals surface area (Å²) in [5, 5.41) is 7.45. The summed E-state index contributed by atoms with van der Waals surface area (Å²) >= 11 is 0. The molecule has 2 aliphatic rings. The number of aromatic amines is 1. The SMILES string of the molecule is C[C@H](c1ccc(-c2n[nH]c(C3CC3)n2)cc1)N1CCCCC1. The molecule has 22 heavy (non-hydrogen) atoms. The van der Waals surface area contributed by atoms with Gasteiger partial charge in [-0.15, -0.1) is 0 Å². The predicted octanol–water partition coefficient (Wildman–Crippen LogP) is 3.90. The van der Waals surface area contributed by atoms with Gasteiger partial charge in [-0.2, -0.15) is 5.10 Å². The maximum absolute atomic E-state index is 4.63.